The SMILES string of the molecule is O=C1C[C@H](c2ccccc2F)c2cc3c(cc2N1)CCC3. The number of carbonyl (C=O) groups is 1. The fourth-order valence-corrected chi connectivity index (χ4v) is 3.57. The number of nitrogens with one attached hydrogen (secondary N) is 1. The van der Waals surface area contributed by atoms with Gasteiger partial charge in [0.25, 0.3) is 0 Å². The van der Waals surface area contributed by atoms with Crippen molar-refractivity contribution in [3.8, 4) is 0 Å². The third kappa shape index (κ3) is 2.04. The normalized spacial score (nSPS) is 19.9. The van der Waals surface area contributed by atoms with Gasteiger partial charge in [-0.2, -0.15) is 0 Å². The zero-order chi connectivity index (χ0) is 14.4. The standard InChI is InChI=1S/C18H16FNO/c19-16-7-2-1-6-13(16)14-10-18(21)20-17-9-12-5-3-4-11(12)8-15(14)17/h1-2,6-9,14H,3-5,10H2,(H,20,21)/t14-/m1/s1. The third-order valence-corrected chi connectivity index (χ3v) is 4.58. The molecule has 4 rings (SSSR count). The molecule has 1 atom stereocenters. The van der Waals surface area contributed by atoms with Crippen LogP contribution in [-0.2, 0) is 17.6 Å². The number of halogens is 1. The zero-order valence-electron chi connectivity index (χ0n) is 11.7. The number of anilines is 1. The van der Waals surface area contributed by atoms with Gasteiger partial charge in [0, 0.05) is 18.0 Å². The maximum absolute atomic E-state index is 14.1. The Balaban J connectivity index is 1.88. The Morgan fingerprint density at radius 2 is 1.81 bits per heavy atom. The summed E-state index contributed by atoms with van der Waals surface area (Å²) in [5, 5.41) is 2.95. The highest BCUT2D eigenvalue weighted by molar-refractivity contribution is 5.95. The number of carbonyl (C=O) groups excluding carboxylic acids is 1. The fourth-order valence-electron chi connectivity index (χ4n) is 3.57. The number of benzene rings is 2. The minimum Gasteiger partial charge on any atom is -0.326 e. The van der Waals surface area contributed by atoms with Crippen molar-refractivity contribution in [1.82, 2.24) is 0 Å². The van der Waals surface area contributed by atoms with Gasteiger partial charge in [0.2, 0.25) is 5.91 Å². The van der Waals surface area contributed by atoms with E-state index in [1.807, 2.05) is 6.07 Å². The summed E-state index contributed by atoms with van der Waals surface area (Å²) in [6.07, 6.45) is 3.63. The number of hydrogen-bond donors (Lipinski definition) is 1. The number of aryl methyl sites for hydroxylation is 2. The predicted octanol–water partition coefficient (Wildman–Crippen LogP) is 3.79. The molecule has 0 spiro atoms. The Morgan fingerprint density at radius 3 is 2.62 bits per heavy atom. The van der Waals surface area contributed by atoms with Gasteiger partial charge >= 0.3 is 0 Å². The Morgan fingerprint density at radius 1 is 1.05 bits per heavy atom. The van der Waals surface area contributed by atoms with E-state index in [1.165, 1.54) is 17.2 Å². The van der Waals surface area contributed by atoms with Crippen molar-refractivity contribution >= 4 is 11.6 Å². The van der Waals surface area contributed by atoms with E-state index in [0.717, 1.165) is 30.5 Å². The topological polar surface area (TPSA) is 29.1 Å². The minimum absolute atomic E-state index is 0.0336. The number of amides is 1. The van der Waals surface area contributed by atoms with Crippen molar-refractivity contribution in [2.24, 2.45) is 0 Å². The van der Waals surface area contributed by atoms with Crippen LogP contribution in [0.1, 0.15) is 41.0 Å². The number of fused-ring (bicyclic) bond motifs is 2. The largest absolute Gasteiger partial charge is 0.326 e. The molecule has 2 aromatic rings. The van der Waals surface area contributed by atoms with E-state index >= 15 is 0 Å². The van der Waals surface area contributed by atoms with E-state index in [0.29, 0.717) is 12.0 Å². The average Bonchev–Trinajstić information content (AvgIpc) is 2.92. The van der Waals surface area contributed by atoms with Crippen LogP contribution in [0, 0.1) is 5.82 Å². The molecule has 2 nitrogen and oxygen atoms in total. The quantitative estimate of drug-likeness (QED) is 0.846. The van der Waals surface area contributed by atoms with Gasteiger partial charge in [-0.05, 0) is 53.6 Å². The first kappa shape index (κ1) is 12.6. The maximum Gasteiger partial charge on any atom is 0.225 e. The second kappa shape index (κ2) is 4.69. The first-order chi connectivity index (χ1) is 10.2. The maximum atomic E-state index is 14.1. The van der Waals surface area contributed by atoms with Gasteiger partial charge < -0.3 is 5.32 Å². The van der Waals surface area contributed by atoms with Crippen LogP contribution in [0.5, 0.6) is 0 Å². The lowest BCUT2D eigenvalue weighted by Gasteiger charge is -2.27. The van der Waals surface area contributed by atoms with Gasteiger partial charge in [0.1, 0.15) is 5.82 Å². The highest BCUT2D eigenvalue weighted by Gasteiger charge is 2.29. The second-order valence-electron chi connectivity index (χ2n) is 5.89. The highest BCUT2D eigenvalue weighted by atomic mass is 19.1. The Kier molecular flexibility index (Phi) is 2.81. The Bertz CT molecular complexity index is 738. The summed E-state index contributed by atoms with van der Waals surface area (Å²) in [5.41, 5.74) is 5.21. The number of rotatable bonds is 1. The van der Waals surface area contributed by atoms with Crippen molar-refractivity contribution in [2.75, 3.05) is 5.32 Å². The predicted molar refractivity (Wildman–Crippen MR) is 80.0 cm³/mol. The lowest BCUT2D eigenvalue weighted by atomic mass is 9.83. The van der Waals surface area contributed by atoms with Crippen molar-refractivity contribution < 1.29 is 9.18 Å². The molecule has 0 aromatic heterocycles. The minimum atomic E-state index is -0.233. The molecule has 2 aliphatic rings. The lowest BCUT2D eigenvalue weighted by molar-refractivity contribution is -0.116. The molecular formula is C18H16FNO. The summed E-state index contributed by atoms with van der Waals surface area (Å²) in [5.74, 6) is -0.446. The summed E-state index contributed by atoms with van der Waals surface area (Å²) in [4.78, 5) is 12.0. The molecule has 1 heterocycles. The van der Waals surface area contributed by atoms with Crippen LogP contribution in [0.3, 0.4) is 0 Å². The molecule has 1 aliphatic heterocycles. The molecule has 0 bridgehead atoms. The molecular weight excluding hydrogens is 265 g/mol. The smallest absolute Gasteiger partial charge is 0.225 e. The molecule has 3 heteroatoms. The van der Waals surface area contributed by atoms with Gasteiger partial charge in [-0.25, -0.2) is 4.39 Å². The second-order valence-corrected chi connectivity index (χ2v) is 5.89. The molecule has 0 saturated carbocycles. The van der Waals surface area contributed by atoms with Crippen LogP contribution < -0.4 is 5.32 Å². The van der Waals surface area contributed by atoms with Crippen molar-refractivity contribution in [3.63, 3.8) is 0 Å². The van der Waals surface area contributed by atoms with E-state index in [2.05, 4.69) is 17.4 Å². The van der Waals surface area contributed by atoms with Gasteiger partial charge in [0.15, 0.2) is 0 Å². The molecule has 2 aromatic carbocycles. The Labute approximate surface area is 123 Å². The Hall–Kier alpha value is -2.16. The van der Waals surface area contributed by atoms with E-state index in [9.17, 15) is 9.18 Å². The summed E-state index contributed by atoms with van der Waals surface area (Å²) in [6.45, 7) is 0. The van der Waals surface area contributed by atoms with E-state index in [-0.39, 0.29) is 17.6 Å². The van der Waals surface area contributed by atoms with Crippen molar-refractivity contribution in [2.45, 2.75) is 31.6 Å². The van der Waals surface area contributed by atoms with Gasteiger partial charge in [-0.3, -0.25) is 4.79 Å². The summed E-state index contributed by atoms with van der Waals surface area (Å²) in [6, 6.07) is 11.0. The summed E-state index contributed by atoms with van der Waals surface area (Å²) < 4.78 is 14.1. The highest BCUT2D eigenvalue weighted by Crippen LogP contribution is 2.40. The molecule has 1 amide bonds. The van der Waals surface area contributed by atoms with Crippen LogP contribution in [0.4, 0.5) is 10.1 Å². The van der Waals surface area contributed by atoms with E-state index < -0.39 is 0 Å². The van der Waals surface area contributed by atoms with Crippen molar-refractivity contribution in [3.05, 3.63) is 64.5 Å². The number of hydrogen-bond acceptors (Lipinski definition) is 1. The fraction of sp³-hybridized carbons (Fsp3) is 0.278. The van der Waals surface area contributed by atoms with Crippen LogP contribution in [0.15, 0.2) is 36.4 Å². The molecule has 1 aliphatic carbocycles. The molecule has 106 valence electrons. The first-order valence-corrected chi connectivity index (χ1v) is 7.42. The van der Waals surface area contributed by atoms with Crippen LogP contribution in [0.25, 0.3) is 0 Å². The monoisotopic (exact) mass is 281 g/mol. The van der Waals surface area contributed by atoms with Crippen LogP contribution in [-0.4, -0.2) is 5.91 Å². The molecule has 1 N–H and O–H groups in total. The van der Waals surface area contributed by atoms with Gasteiger partial charge in [-0.15, -0.1) is 0 Å². The van der Waals surface area contributed by atoms with Crippen LogP contribution in [0.2, 0.25) is 0 Å². The van der Waals surface area contributed by atoms with Gasteiger partial charge in [0.05, 0.1) is 0 Å². The molecule has 0 saturated heterocycles. The van der Waals surface area contributed by atoms with Crippen LogP contribution >= 0.6 is 0 Å². The first-order valence-electron chi connectivity index (χ1n) is 7.42. The van der Waals surface area contributed by atoms with E-state index in [1.54, 1.807) is 12.1 Å². The molecule has 0 unspecified atom stereocenters. The third-order valence-electron chi connectivity index (χ3n) is 4.58. The zero-order valence-corrected chi connectivity index (χ0v) is 11.7. The van der Waals surface area contributed by atoms with E-state index in [4.69, 9.17) is 0 Å². The molecule has 0 radical (unpaired) electrons. The molecule has 21 heavy (non-hydrogen) atoms. The van der Waals surface area contributed by atoms with Crippen molar-refractivity contribution in [1.29, 1.82) is 0 Å². The summed E-state index contributed by atoms with van der Waals surface area (Å²) in [7, 11) is 0. The average molecular weight is 281 g/mol. The lowest BCUT2D eigenvalue weighted by Crippen LogP contribution is -2.24. The summed E-state index contributed by atoms with van der Waals surface area (Å²) >= 11 is 0. The molecule has 0 fully saturated rings. The van der Waals surface area contributed by atoms with Gasteiger partial charge in [-0.1, -0.05) is 24.3 Å².